The number of anilines is 1. The zero-order valence-corrected chi connectivity index (χ0v) is 10.5. The van der Waals surface area contributed by atoms with Crippen LogP contribution in [0.25, 0.3) is 0 Å². The summed E-state index contributed by atoms with van der Waals surface area (Å²) in [5.74, 6) is -0.228. The van der Waals surface area contributed by atoms with Crippen molar-refractivity contribution in [1.82, 2.24) is 4.90 Å². The van der Waals surface area contributed by atoms with Crippen LogP contribution >= 0.6 is 0 Å². The molecule has 0 radical (unpaired) electrons. The molecule has 1 N–H and O–H groups in total. The molecule has 0 aliphatic rings. The molecule has 0 spiro atoms. The summed E-state index contributed by atoms with van der Waals surface area (Å²) in [6.45, 7) is 0.292. The summed E-state index contributed by atoms with van der Waals surface area (Å²) in [4.78, 5) is 23.4. The average Bonchev–Trinajstić information content (AvgIpc) is 2.42. The van der Waals surface area contributed by atoms with Gasteiger partial charge in [-0.1, -0.05) is 12.1 Å². The largest absolute Gasteiger partial charge is 0.371 e. The first-order valence-corrected chi connectivity index (χ1v) is 5.64. The number of nitrogens with one attached hydrogen (secondary N) is 1. The number of likely N-dealkylation sites (N-methyl/N-ethyl adjacent to an activating group) is 1. The number of nitro groups is 1. The molecular weight excluding hydrogens is 248 g/mol. The summed E-state index contributed by atoms with van der Waals surface area (Å²) in [6.07, 6.45) is 0.258. The third-order valence-electron chi connectivity index (χ3n) is 2.52. The van der Waals surface area contributed by atoms with Crippen molar-refractivity contribution in [3.05, 3.63) is 34.4 Å². The van der Waals surface area contributed by atoms with Gasteiger partial charge in [-0.3, -0.25) is 14.9 Å². The van der Waals surface area contributed by atoms with Crippen LogP contribution < -0.4 is 5.32 Å². The Morgan fingerprint density at radius 3 is 2.84 bits per heavy atom. The van der Waals surface area contributed by atoms with Crippen LogP contribution in [-0.2, 0) is 4.79 Å². The summed E-state index contributed by atoms with van der Waals surface area (Å²) >= 11 is 0. The predicted octanol–water partition coefficient (Wildman–Crippen LogP) is 1.38. The number of nitro benzene ring substituents is 1. The van der Waals surface area contributed by atoms with Crippen LogP contribution in [0.15, 0.2) is 24.3 Å². The molecule has 0 atom stereocenters. The number of rotatable bonds is 6. The van der Waals surface area contributed by atoms with Gasteiger partial charge in [0, 0.05) is 19.7 Å². The van der Waals surface area contributed by atoms with Gasteiger partial charge in [0.2, 0.25) is 5.91 Å². The van der Waals surface area contributed by atoms with Crippen molar-refractivity contribution >= 4 is 17.3 Å². The molecule has 0 bridgehead atoms. The van der Waals surface area contributed by atoms with Gasteiger partial charge < -0.3 is 10.2 Å². The standard InChI is InChI=1S/C12H14N4O3/c1-15(8-4-7-13)12(17)9-14-10-5-2-3-6-11(10)16(18)19/h2-3,5-6,14H,4,8-9H2,1H3. The minimum absolute atomic E-state index is 0.0488. The van der Waals surface area contributed by atoms with Gasteiger partial charge in [0.15, 0.2) is 0 Å². The van der Waals surface area contributed by atoms with Crippen molar-refractivity contribution in [2.75, 3.05) is 25.5 Å². The van der Waals surface area contributed by atoms with Gasteiger partial charge in [0.25, 0.3) is 5.69 Å². The normalized spacial score (nSPS) is 9.47. The molecule has 0 fully saturated rings. The lowest BCUT2D eigenvalue weighted by molar-refractivity contribution is -0.383. The highest BCUT2D eigenvalue weighted by Gasteiger charge is 2.14. The topological polar surface area (TPSA) is 99.3 Å². The minimum Gasteiger partial charge on any atom is -0.371 e. The number of hydrogen-bond donors (Lipinski definition) is 1. The summed E-state index contributed by atoms with van der Waals surface area (Å²) in [5, 5.41) is 21.9. The Labute approximate surface area is 110 Å². The Hall–Kier alpha value is -2.62. The maximum Gasteiger partial charge on any atom is 0.292 e. The van der Waals surface area contributed by atoms with Crippen molar-refractivity contribution in [3.63, 3.8) is 0 Å². The highest BCUT2D eigenvalue weighted by Crippen LogP contribution is 2.22. The number of nitriles is 1. The van der Waals surface area contributed by atoms with Gasteiger partial charge in [-0.05, 0) is 6.07 Å². The van der Waals surface area contributed by atoms with Gasteiger partial charge >= 0.3 is 0 Å². The van der Waals surface area contributed by atoms with E-state index in [9.17, 15) is 14.9 Å². The molecule has 7 heteroatoms. The first kappa shape index (κ1) is 14.4. The van der Waals surface area contributed by atoms with Gasteiger partial charge in [0.1, 0.15) is 5.69 Å². The van der Waals surface area contributed by atoms with Crippen LogP contribution in [0.4, 0.5) is 11.4 Å². The monoisotopic (exact) mass is 262 g/mol. The van der Waals surface area contributed by atoms with Gasteiger partial charge in [-0.15, -0.1) is 0 Å². The van der Waals surface area contributed by atoms with Crippen molar-refractivity contribution in [2.24, 2.45) is 0 Å². The molecule has 7 nitrogen and oxygen atoms in total. The molecule has 0 aromatic heterocycles. The molecule has 19 heavy (non-hydrogen) atoms. The number of para-hydroxylation sites is 2. The number of carbonyl (C=O) groups excluding carboxylic acids is 1. The number of nitrogens with zero attached hydrogens (tertiary/aromatic N) is 3. The molecule has 0 saturated carbocycles. The van der Waals surface area contributed by atoms with Crippen molar-refractivity contribution < 1.29 is 9.72 Å². The third kappa shape index (κ3) is 4.27. The van der Waals surface area contributed by atoms with E-state index >= 15 is 0 Å². The van der Waals surface area contributed by atoms with E-state index in [-0.39, 0.29) is 24.6 Å². The number of hydrogen-bond acceptors (Lipinski definition) is 5. The summed E-state index contributed by atoms with van der Waals surface area (Å²) in [5.41, 5.74) is 0.226. The van der Waals surface area contributed by atoms with E-state index < -0.39 is 4.92 Å². The fraction of sp³-hybridized carbons (Fsp3) is 0.333. The van der Waals surface area contributed by atoms with Gasteiger partial charge in [0.05, 0.1) is 24.0 Å². The molecular formula is C12H14N4O3. The second kappa shape index (κ2) is 6.96. The van der Waals surface area contributed by atoms with Crippen molar-refractivity contribution in [2.45, 2.75) is 6.42 Å². The Kier molecular flexibility index (Phi) is 5.29. The molecule has 0 saturated heterocycles. The van der Waals surface area contributed by atoms with Gasteiger partial charge in [-0.25, -0.2) is 0 Å². The third-order valence-corrected chi connectivity index (χ3v) is 2.52. The number of carbonyl (C=O) groups is 1. The van der Waals surface area contributed by atoms with Gasteiger partial charge in [-0.2, -0.15) is 5.26 Å². The lowest BCUT2D eigenvalue weighted by Crippen LogP contribution is -2.32. The lowest BCUT2D eigenvalue weighted by atomic mass is 10.2. The number of amides is 1. The Morgan fingerprint density at radius 1 is 1.53 bits per heavy atom. The first-order valence-electron chi connectivity index (χ1n) is 5.64. The highest BCUT2D eigenvalue weighted by atomic mass is 16.6. The van der Waals surface area contributed by atoms with Crippen LogP contribution in [0.1, 0.15) is 6.42 Å². The van der Waals surface area contributed by atoms with Crippen LogP contribution in [0.5, 0.6) is 0 Å². The Balaban J connectivity index is 2.60. The molecule has 1 amide bonds. The van der Waals surface area contributed by atoms with Crippen molar-refractivity contribution in [1.29, 1.82) is 5.26 Å². The minimum atomic E-state index is -0.508. The molecule has 1 rings (SSSR count). The fourth-order valence-corrected chi connectivity index (χ4v) is 1.43. The second-order valence-corrected chi connectivity index (χ2v) is 3.85. The first-order chi connectivity index (χ1) is 9.06. The highest BCUT2D eigenvalue weighted by molar-refractivity contribution is 5.81. The van der Waals surface area contributed by atoms with Crippen LogP contribution in [-0.4, -0.2) is 35.9 Å². The average molecular weight is 262 g/mol. The molecule has 0 aliphatic carbocycles. The second-order valence-electron chi connectivity index (χ2n) is 3.85. The Bertz CT molecular complexity index is 510. The summed E-state index contributed by atoms with van der Waals surface area (Å²) in [6, 6.07) is 8.07. The molecule has 1 aromatic rings. The van der Waals surface area contributed by atoms with Crippen molar-refractivity contribution in [3.8, 4) is 6.07 Å². The molecule has 0 unspecified atom stereocenters. The van der Waals surface area contributed by atoms with Crippen LogP contribution in [0.3, 0.4) is 0 Å². The molecule has 0 aliphatic heterocycles. The van der Waals surface area contributed by atoms with Crippen LogP contribution in [0, 0.1) is 21.4 Å². The quantitative estimate of drug-likeness (QED) is 0.616. The fourth-order valence-electron chi connectivity index (χ4n) is 1.43. The van der Waals surface area contributed by atoms with E-state index in [4.69, 9.17) is 5.26 Å². The van der Waals surface area contributed by atoms with Crippen LogP contribution in [0.2, 0.25) is 0 Å². The Morgan fingerprint density at radius 2 is 2.21 bits per heavy atom. The summed E-state index contributed by atoms with van der Waals surface area (Å²) in [7, 11) is 1.58. The smallest absolute Gasteiger partial charge is 0.292 e. The van der Waals surface area contributed by atoms with E-state index in [1.165, 1.54) is 11.0 Å². The van der Waals surface area contributed by atoms with E-state index in [0.29, 0.717) is 12.2 Å². The van der Waals surface area contributed by atoms with E-state index in [1.807, 2.05) is 6.07 Å². The molecule has 100 valence electrons. The summed E-state index contributed by atoms with van der Waals surface area (Å²) < 4.78 is 0. The van der Waals surface area contributed by atoms with E-state index in [2.05, 4.69) is 5.32 Å². The maximum atomic E-state index is 11.7. The predicted molar refractivity (Wildman–Crippen MR) is 69.5 cm³/mol. The SMILES string of the molecule is CN(CCC#N)C(=O)CNc1ccccc1[N+](=O)[O-]. The zero-order chi connectivity index (χ0) is 14.3. The zero-order valence-electron chi connectivity index (χ0n) is 10.5. The molecule has 0 heterocycles. The molecule has 1 aromatic carbocycles. The number of benzene rings is 1. The maximum absolute atomic E-state index is 11.7. The van der Waals surface area contributed by atoms with E-state index in [1.54, 1.807) is 25.2 Å². The van der Waals surface area contributed by atoms with E-state index in [0.717, 1.165) is 0 Å². The lowest BCUT2D eigenvalue weighted by Gasteiger charge is -2.16.